The number of hydrogen-bond donors (Lipinski definition) is 0. The van der Waals surface area contributed by atoms with Crippen LogP contribution in [0.15, 0.2) is 218 Å². The van der Waals surface area contributed by atoms with Crippen molar-refractivity contribution >= 4 is 164 Å². The average molecular weight is 1090 g/mol. The molecule has 8 heterocycles. The van der Waals surface area contributed by atoms with Crippen molar-refractivity contribution in [1.82, 2.24) is 8.80 Å². The van der Waals surface area contributed by atoms with Crippen LogP contribution >= 0.6 is 0 Å². The summed E-state index contributed by atoms with van der Waals surface area (Å²) < 4.78 is 32.6. The van der Waals surface area contributed by atoms with E-state index in [1.54, 1.807) is 0 Å². The van der Waals surface area contributed by atoms with Crippen molar-refractivity contribution in [3.63, 3.8) is 0 Å². The molecule has 0 fully saturated rings. The zero-order chi connectivity index (χ0) is 56.0. The summed E-state index contributed by atoms with van der Waals surface area (Å²) in [7, 11) is 0. The Morgan fingerprint density at radius 1 is 0.294 bits per heavy atom. The Hall–Kier alpha value is -10.6. The highest BCUT2D eigenvalue weighted by Crippen LogP contribution is 2.51. The van der Waals surface area contributed by atoms with Gasteiger partial charge in [-0.2, -0.15) is 0 Å². The largest absolute Gasteiger partial charge is 0.454 e. The topological polar surface area (TPSA) is 61.4 Å². The van der Waals surface area contributed by atoms with Crippen LogP contribution in [0.3, 0.4) is 0 Å². The standard InChI is InChI=1S/C79H50N2O4/c1-40-32-45(33-41(2)42(40)3)47-37-63-55-26-30-59-51-14-8-11-17-67(51)84-77(59)73(55)81-70(63)64(38-47)56-27-31-60-52-23-18-43(34-68(52)85-78(60)74(56)81)39-79(4,5)48-21-19-44(20-22-48)46-35-61-53-24-28-57-49-12-6-9-15-65(49)82-75(57)71(53)80-69(61)62(36-46)54-25-29-58-50-13-7-10-16-66(50)83-76(58)72(54)80/h6-38H,39H2,1-5H3. The molecule has 8 aromatic heterocycles. The molecule has 0 aliphatic rings. The normalized spacial score (nSPS) is 13.0. The third-order valence-corrected chi connectivity index (χ3v) is 19.9. The van der Waals surface area contributed by atoms with Gasteiger partial charge in [0.05, 0.1) is 33.1 Å². The van der Waals surface area contributed by atoms with E-state index in [4.69, 9.17) is 17.7 Å². The van der Waals surface area contributed by atoms with Gasteiger partial charge in [-0.3, -0.25) is 0 Å². The Bertz CT molecular complexity index is 6180. The van der Waals surface area contributed by atoms with E-state index in [-0.39, 0.29) is 5.41 Å². The predicted molar refractivity (Wildman–Crippen MR) is 353 cm³/mol. The van der Waals surface area contributed by atoms with Crippen LogP contribution in [0.25, 0.3) is 186 Å². The Kier molecular flexibility index (Phi) is 8.52. The molecule has 0 aliphatic heterocycles. The van der Waals surface area contributed by atoms with E-state index >= 15 is 0 Å². The minimum absolute atomic E-state index is 0.193. The van der Waals surface area contributed by atoms with Gasteiger partial charge in [0.2, 0.25) is 0 Å². The summed E-state index contributed by atoms with van der Waals surface area (Å²) in [6.07, 6.45) is 0.829. The second kappa shape index (κ2) is 15.7. The van der Waals surface area contributed by atoms with Crippen LogP contribution in [-0.2, 0) is 11.8 Å². The maximum absolute atomic E-state index is 7.23. The molecule has 0 saturated carbocycles. The van der Waals surface area contributed by atoms with Gasteiger partial charge in [-0.05, 0) is 155 Å². The third kappa shape index (κ3) is 5.88. The van der Waals surface area contributed by atoms with Gasteiger partial charge in [0, 0.05) is 86.2 Å². The number of fused-ring (bicyclic) bond motifs is 28. The lowest BCUT2D eigenvalue weighted by molar-refractivity contribution is 0.522. The van der Waals surface area contributed by atoms with E-state index in [1.807, 2.05) is 12.1 Å². The summed E-state index contributed by atoms with van der Waals surface area (Å²) in [6, 6.07) is 73.7. The lowest BCUT2D eigenvalue weighted by atomic mass is 9.78. The quantitative estimate of drug-likeness (QED) is 0.172. The molecule has 0 saturated heterocycles. The molecule has 0 bridgehead atoms. The summed E-state index contributed by atoms with van der Waals surface area (Å²) in [5.41, 5.74) is 24.8. The molecule has 12 aromatic carbocycles. The molecular weight excluding hydrogens is 1040 g/mol. The second-order valence-corrected chi connectivity index (χ2v) is 25.0. The first-order valence-corrected chi connectivity index (χ1v) is 29.6. The van der Waals surface area contributed by atoms with Crippen LogP contribution in [0.1, 0.15) is 41.7 Å². The number of para-hydroxylation sites is 3. The SMILES string of the molecule is Cc1cc(-c2cc3c4ccc5c6ccccc6oc5c4n4c3c(c2)c2ccc3c5ccc(CC(C)(C)c6ccc(-c7cc8c9ccc%10c%11ccccc%11oc%10c9n9c8c(c7)c7ccc8c%10ccccc%10oc8c79)cc6)cc5oc3c24)cc(C)c1C. The first-order valence-electron chi connectivity index (χ1n) is 29.6. The van der Waals surface area contributed by atoms with Crippen LogP contribution in [0.2, 0.25) is 0 Å². The number of benzene rings is 12. The second-order valence-electron chi connectivity index (χ2n) is 25.0. The molecule has 400 valence electrons. The summed E-state index contributed by atoms with van der Waals surface area (Å²) in [5, 5.41) is 18.4. The lowest BCUT2D eigenvalue weighted by Gasteiger charge is -2.26. The monoisotopic (exact) mass is 1090 g/mol. The predicted octanol–water partition coefficient (Wildman–Crippen LogP) is 22.4. The molecule has 20 aromatic rings. The molecule has 20 rings (SSSR count). The highest BCUT2D eigenvalue weighted by Gasteiger charge is 2.29. The number of rotatable bonds is 5. The van der Waals surface area contributed by atoms with Crippen molar-refractivity contribution in [2.45, 2.75) is 46.5 Å². The Morgan fingerprint density at radius 2 is 0.635 bits per heavy atom. The Morgan fingerprint density at radius 3 is 1.06 bits per heavy atom. The molecular formula is C79H50N2O4. The van der Waals surface area contributed by atoms with Gasteiger partial charge in [-0.1, -0.05) is 141 Å². The van der Waals surface area contributed by atoms with Crippen molar-refractivity contribution in [1.29, 1.82) is 0 Å². The fourth-order valence-electron chi connectivity index (χ4n) is 15.6. The molecule has 0 amide bonds. The smallest absolute Gasteiger partial charge is 0.160 e. The molecule has 0 atom stereocenters. The molecule has 85 heavy (non-hydrogen) atoms. The van der Waals surface area contributed by atoms with Gasteiger partial charge in [0.25, 0.3) is 0 Å². The maximum atomic E-state index is 7.23. The first kappa shape index (κ1) is 46.0. The van der Waals surface area contributed by atoms with E-state index < -0.39 is 0 Å². The minimum atomic E-state index is -0.193. The summed E-state index contributed by atoms with van der Waals surface area (Å²) >= 11 is 0. The molecule has 0 aliphatic carbocycles. The number of nitrogens with zero attached hydrogens (tertiary/aromatic N) is 2. The first-order chi connectivity index (χ1) is 41.6. The van der Waals surface area contributed by atoms with E-state index in [9.17, 15) is 0 Å². The highest BCUT2D eigenvalue weighted by atomic mass is 16.3. The fraction of sp³-hybridized carbons (Fsp3) is 0.0886. The minimum Gasteiger partial charge on any atom is -0.454 e. The molecule has 0 N–H and O–H groups in total. The van der Waals surface area contributed by atoms with Gasteiger partial charge >= 0.3 is 0 Å². The van der Waals surface area contributed by atoms with Gasteiger partial charge in [-0.25, -0.2) is 0 Å². The van der Waals surface area contributed by atoms with E-state index in [0.717, 1.165) is 127 Å². The summed E-state index contributed by atoms with van der Waals surface area (Å²) in [4.78, 5) is 0. The van der Waals surface area contributed by atoms with Gasteiger partial charge in [0.15, 0.2) is 22.3 Å². The number of aromatic nitrogens is 2. The molecule has 0 radical (unpaired) electrons. The van der Waals surface area contributed by atoms with Gasteiger partial charge < -0.3 is 26.5 Å². The Balaban J connectivity index is 0.712. The van der Waals surface area contributed by atoms with Crippen LogP contribution in [-0.4, -0.2) is 8.80 Å². The van der Waals surface area contributed by atoms with E-state index in [0.29, 0.717) is 0 Å². The maximum Gasteiger partial charge on any atom is 0.160 e. The number of furan rings is 4. The van der Waals surface area contributed by atoms with E-state index in [1.165, 1.54) is 93.4 Å². The zero-order valence-electron chi connectivity index (χ0n) is 47.3. The lowest BCUT2D eigenvalue weighted by Crippen LogP contribution is -2.20. The van der Waals surface area contributed by atoms with Crippen molar-refractivity contribution in [3.8, 4) is 22.3 Å². The third-order valence-electron chi connectivity index (χ3n) is 19.9. The summed E-state index contributed by atoms with van der Waals surface area (Å²) in [5.74, 6) is 0. The highest BCUT2D eigenvalue weighted by molar-refractivity contribution is 6.34. The number of hydrogen-bond acceptors (Lipinski definition) is 4. The Labute approximate surface area is 484 Å². The van der Waals surface area contributed by atoms with Crippen molar-refractivity contribution in [2.24, 2.45) is 0 Å². The zero-order valence-corrected chi connectivity index (χ0v) is 47.3. The van der Waals surface area contributed by atoms with Gasteiger partial charge in [0.1, 0.15) is 22.3 Å². The molecule has 6 nitrogen and oxygen atoms in total. The molecule has 6 heteroatoms. The van der Waals surface area contributed by atoms with Crippen LogP contribution in [0.5, 0.6) is 0 Å². The van der Waals surface area contributed by atoms with Crippen molar-refractivity contribution < 1.29 is 17.7 Å². The van der Waals surface area contributed by atoms with Crippen LogP contribution in [0.4, 0.5) is 0 Å². The molecule has 0 unspecified atom stereocenters. The van der Waals surface area contributed by atoms with Crippen molar-refractivity contribution in [3.05, 3.63) is 228 Å². The summed E-state index contributed by atoms with van der Waals surface area (Å²) in [6.45, 7) is 11.4. The average Bonchev–Trinajstić information content (AvgIpc) is 1.58. The van der Waals surface area contributed by atoms with Gasteiger partial charge in [-0.15, -0.1) is 0 Å². The fourth-order valence-corrected chi connectivity index (χ4v) is 15.6. The van der Waals surface area contributed by atoms with E-state index in [2.05, 4.69) is 231 Å². The molecule has 0 spiro atoms. The number of aryl methyl sites for hydroxylation is 2. The van der Waals surface area contributed by atoms with Crippen LogP contribution in [0, 0.1) is 20.8 Å². The van der Waals surface area contributed by atoms with Crippen molar-refractivity contribution in [2.75, 3.05) is 0 Å². The van der Waals surface area contributed by atoms with Crippen LogP contribution < -0.4 is 0 Å².